The summed E-state index contributed by atoms with van der Waals surface area (Å²) in [7, 11) is 5.82. The second-order valence-electron chi connectivity index (χ2n) is 14.0. The van der Waals surface area contributed by atoms with Gasteiger partial charge in [0, 0.05) is 37.0 Å². The van der Waals surface area contributed by atoms with E-state index in [2.05, 4.69) is 49.1 Å². The number of halogens is 1. The second-order valence-corrected chi connectivity index (χ2v) is 14.0. The van der Waals surface area contributed by atoms with E-state index in [1.165, 1.54) is 6.42 Å². The summed E-state index contributed by atoms with van der Waals surface area (Å²) in [6.45, 7) is 6.76. The molecule has 1 aliphatic carbocycles. The van der Waals surface area contributed by atoms with Crippen LogP contribution in [0.5, 0.6) is 11.8 Å². The standard InChI is InChI=1S/C37H47FN6O3/c1-6-25-10-7-11-26-18-27(47-23-45-5)19-28(30(25)26)32-31(38)33-29(20-39-32)34(40-21-36(43(3)4)13-8-14-36)42-35(41-33)46-22-37-15-9-17-44(37)24(2)12-16-37/h7,10-11,18-20,24H,6,8-9,12-17,21-23H2,1-5H3,(H,40,41,42)/t24-,37-/m1/s1. The Hall–Kier alpha value is -3.60. The molecule has 0 amide bonds. The van der Waals surface area contributed by atoms with Gasteiger partial charge in [0.15, 0.2) is 12.6 Å². The van der Waals surface area contributed by atoms with Gasteiger partial charge < -0.3 is 24.4 Å². The average molecular weight is 643 g/mol. The molecule has 1 N–H and O–H groups in total. The van der Waals surface area contributed by atoms with Gasteiger partial charge in [-0.3, -0.25) is 9.88 Å². The van der Waals surface area contributed by atoms with E-state index in [1.54, 1.807) is 13.3 Å². The summed E-state index contributed by atoms with van der Waals surface area (Å²) < 4.78 is 34.5. The number of pyridine rings is 1. The first kappa shape index (κ1) is 32.0. The minimum atomic E-state index is -0.505. The predicted octanol–water partition coefficient (Wildman–Crippen LogP) is 6.82. The highest BCUT2D eigenvalue weighted by Crippen LogP contribution is 2.43. The molecule has 9 nitrogen and oxygen atoms in total. The molecule has 2 atom stereocenters. The number of hydrogen-bond donors (Lipinski definition) is 1. The molecule has 2 aliphatic heterocycles. The lowest BCUT2D eigenvalue weighted by molar-refractivity contribution is 0.0512. The Morgan fingerprint density at radius 2 is 1.94 bits per heavy atom. The first-order valence-electron chi connectivity index (χ1n) is 17.1. The molecule has 250 valence electrons. The topological polar surface area (TPSA) is 84.9 Å². The van der Waals surface area contributed by atoms with E-state index in [-0.39, 0.29) is 35.1 Å². The van der Waals surface area contributed by atoms with Crippen molar-refractivity contribution >= 4 is 27.5 Å². The molecule has 0 spiro atoms. The minimum absolute atomic E-state index is 0.00764. The van der Waals surface area contributed by atoms with Crippen molar-refractivity contribution in [3.05, 3.63) is 47.9 Å². The summed E-state index contributed by atoms with van der Waals surface area (Å²) in [5.41, 5.74) is 2.20. The van der Waals surface area contributed by atoms with E-state index in [9.17, 15) is 0 Å². The Balaban J connectivity index is 1.33. The van der Waals surface area contributed by atoms with Gasteiger partial charge in [0.05, 0.1) is 10.9 Å². The molecular weight excluding hydrogens is 595 g/mol. The summed E-state index contributed by atoms with van der Waals surface area (Å²) in [6.07, 6.45) is 10.4. The van der Waals surface area contributed by atoms with Crippen LogP contribution in [0.25, 0.3) is 32.9 Å². The Kier molecular flexibility index (Phi) is 8.70. The molecule has 3 aliphatic rings. The fourth-order valence-electron chi connectivity index (χ4n) is 8.18. The van der Waals surface area contributed by atoms with Gasteiger partial charge in [0.1, 0.15) is 29.4 Å². The van der Waals surface area contributed by atoms with Gasteiger partial charge in [-0.05, 0) is 107 Å². The van der Waals surface area contributed by atoms with Crippen LogP contribution < -0.4 is 14.8 Å². The Morgan fingerprint density at radius 3 is 2.68 bits per heavy atom. The maximum atomic E-state index is 17.0. The summed E-state index contributed by atoms with van der Waals surface area (Å²) in [6, 6.07) is 10.7. The van der Waals surface area contributed by atoms with Crippen molar-refractivity contribution in [2.45, 2.75) is 82.3 Å². The number of anilines is 1. The third kappa shape index (κ3) is 5.68. The first-order chi connectivity index (χ1) is 22.8. The largest absolute Gasteiger partial charge is 0.468 e. The van der Waals surface area contributed by atoms with Crippen LogP contribution >= 0.6 is 0 Å². The van der Waals surface area contributed by atoms with E-state index < -0.39 is 5.82 Å². The zero-order valence-corrected chi connectivity index (χ0v) is 28.4. The molecule has 7 rings (SSSR count). The summed E-state index contributed by atoms with van der Waals surface area (Å²) in [5, 5.41) is 6.01. The number of aromatic nitrogens is 3. The lowest BCUT2D eigenvalue weighted by atomic mass is 9.75. The van der Waals surface area contributed by atoms with Crippen LogP contribution in [0.1, 0.15) is 64.4 Å². The number of rotatable bonds is 12. The maximum Gasteiger partial charge on any atom is 0.319 e. The van der Waals surface area contributed by atoms with E-state index in [4.69, 9.17) is 29.2 Å². The molecule has 3 fully saturated rings. The van der Waals surface area contributed by atoms with E-state index in [0.717, 1.165) is 67.8 Å². The number of methoxy groups -OCH3 is 1. The van der Waals surface area contributed by atoms with Crippen molar-refractivity contribution in [2.75, 3.05) is 53.0 Å². The Labute approximate surface area is 276 Å². The second kappa shape index (κ2) is 12.8. The monoisotopic (exact) mass is 642 g/mol. The number of nitrogens with zero attached hydrogens (tertiary/aromatic N) is 5. The number of ether oxygens (including phenoxy) is 3. The summed E-state index contributed by atoms with van der Waals surface area (Å²) in [5.74, 6) is 0.626. The molecule has 2 aromatic carbocycles. The number of fused-ring (bicyclic) bond motifs is 3. The van der Waals surface area contributed by atoms with Gasteiger partial charge >= 0.3 is 6.01 Å². The van der Waals surface area contributed by atoms with Crippen molar-refractivity contribution in [3.8, 4) is 23.0 Å². The maximum absolute atomic E-state index is 17.0. The number of aryl methyl sites for hydroxylation is 1. The van der Waals surface area contributed by atoms with E-state index >= 15 is 4.39 Å². The molecule has 2 saturated heterocycles. The number of nitrogens with one attached hydrogen (secondary N) is 1. The number of benzene rings is 2. The molecule has 0 bridgehead atoms. The normalized spacial score (nSPS) is 22.1. The third-order valence-electron chi connectivity index (χ3n) is 11.2. The Morgan fingerprint density at radius 1 is 1.09 bits per heavy atom. The highest BCUT2D eigenvalue weighted by atomic mass is 19.1. The number of hydrogen-bond acceptors (Lipinski definition) is 9. The smallest absolute Gasteiger partial charge is 0.319 e. The van der Waals surface area contributed by atoms with E-state index in [0.29, 0.717) is 41.7 Å². The zero-order chi connectivity index (χ0) is 32.8. The van der Waals surface area contributed by atoms with Crippen LogP contribution in [-0.2, 0) is 11.2 Å². The van der Waals surface area contributed by atoms with Crippen molar-refractivity contribution in [1.82, 2.24) is 24.8 Å². The average Bonchev–Trinajstić information content (AvgIpc) is 3.61. The molecule has 2 aromatic heterocycles. The van der Waals surface area contributed by atoms with Crippen molar-refractivity contribution in [1.29, 1.82) is 0 Å². The zero-order valence-electron chi connectivity index (χ0n) is 28.4. The first-order valence-corrected chi connectivity index (χ1v) is 17.1. The molecular formula is C37H47FN6O3. The van der Waals surface area contributed by atoms with Crippen LogP contribution in [0, 0.1) is 5.82 Å². The SMILES string of the molecule is CCc1cccc2cc(OCOC)cc(-c3ncc4c(NCC5(N(C)C)CCC5)nc(OC[C@]56CCCN5[C@H](C)CC6)nc4c3F)c12. The fraction of sp³-hybridized carbons (Fsp3) is 0.541. The lowest BCUT2D eigenvalue weighted by Crippen LogP contribution is -2.54. The molecule has 1 saturated carbocycles. The highest BCUT2D eigenvalue weighted by Gasteiger charge is 2.48. The van der Waals surface area contributed by atoms with Gasteiger partial charge in [-0.2, -0.15) is 9.97 Å². The van der Waals surface area contributed by atoms with Gasteiger partial charge in [0.25, 0.3) is 0 Å². The minimum Gasteiger partial charge on any atom is -0.468 e. The number of likely N-dealkylation sites (N-methyl/N-ethyl adjacent to an activating group) is 1. The van der Waals surface area contributed by atoms with Crippen LogP contribution in [-0.4, -0.2) is 89.6 Å². The van der Waals surface area contributed by atoms with Gasteiger partial charge in [-0.25, -0.2) is 4.39 Å². The summed E-state index contributed by atoms with van der Waals surface area (Å²) >= 11 is 0. The van der Waals surface area contributed by atoms with Crippen LogP contribution in [0.15, 0.2) is 36.5 Å². The predicted molar refractivity (Wildman–Crippen MR) is 184 cm³/mol. The third-order valence-corrected chi connectivity index (χ3v) is 11.2. The highest BCUT2D eigenvalue weighted by molar-refractivity contribution is 6.01. The summed E-state index contributed by atoms with van der Waals surface area (Å²) in [4.78, 5) is 19.2. The van der Waals surface area contributed by atoms with Crippen LogP contribution in [0.4, 0.5) is 10.2 Å². The fourth-order valence-corrected chi connectivity index (χ4v) is 8.18. The lowest BCUT2D eigenvalue weighted by Gasteiger charge is -2.47. The van der Waals surface area contributed by atoms with Crippen LogP contribution in [0.2, 0.25) is 0 Å². The van der Waals surface area contributed by atoms with Crippen molar-refractivity contribution in [2.24, 2.45) is 0 Å². The molecule has 4 aromatic rings. The quantitative estimate of drug-likeness (QED) is 0.167. The van der Waals surface area contributed by atoms with E-state index in [1.807, 2.05) is 24.3 Å². The van der Waals surface area contributed by atoms with Gasteiger partial charge in [-0.15, -0.1) is 0 Å². The molecule has 47 heavy (non-hydrogen) atoms. The molecule has 10 heteroatoms. The molecule has 4 heterocycles. The van der Waals surface area contributed by atoms with Gasteiger partial charge in [0.2, 0.25) is 0 Å². The van der Waals surface area contributed by atoms with Crippen molar-refractivity contribution < 1.29 is 18.6 Å². The van der Waals surface area contributed by atoms with Crippen LogP contribution in [0.3, 0.4) is 0 Å². The molecule has 0 radical (unpaired) electrons. The molecule has 0 unspecified atom stereocenters. The Bertz CT molecular complexity index is 1780. The van der Waals surface area contributed by atoms with Gasteiger partial charge in [-0.1, -0.05) is 25.1 Å². The van der Waals surface area contributed by atoms with Crippen molar-refractivity contribution in [3.63, 3.8) is 0 Å².